The van der Waals surface area contributed by atoms with E-state index in [1.54, 1.807) is 60.7 Å². The number of nitrogens with zero attached hydrogens (tertiary/aromatic N) is 3. The number of thiophene rings is 1. The zero-order valence-corrected chi connectivity index (χ0v) is 25.7. The quantitative estimate of drug-likeness (QED) is 0.136. The van der Waals surface area contributed by atoms with Gasteiger partial charge in [0.25, 0.3) is 11.8 Å². The van der Waals surface area contributed by atoms with Crippen molar-refractivity contribution in [1.82, 2.24) is 4.90 Å². The molecule has 0 atom stereocenters. The van der Waals surface area contributed by atoms with Crippen LogP contribution in [0.25, 0.3) is 10.4 Å². The van der Waals surface area contributed by atoms with Gasteiger partial charge in [0.15, 0.2) is 5.78 Å². The maximum atomic E-state index is 14.5. The predicted molar refractivity (Wildman–Crippen MR) is 176 cm³/mol. The van der Waals surface area contributed by atoms with Crippen molar-refractivity contribution in [3.63, 3.8) is 0 Å². The number of hydrogen-bond donors (Lipinski definition) is 0. The van der Waals surface area contributed by atoms with Gasteiger partial charge in [0.1, 0.15) is 10.8 Å². The summed E-state index contributed by atoms with van der Waals surface area (Å²) < 4.78 is 13.5. The number of fused-ring (bicyclic) bond motifs is 1. The van der Waals surface area contributed by atoms with Gasteiger partial charge < -0.3 is 4.90 Å². The van der Waals surface area contributed by atoms with Gasteiger partial charge in [0.2, 0.25) is 0 Å². The number of hydrogen-bond acceptors (Lipinski definition) is 6. The van der Waals surface area contributed by atoms with Gasteiger partial charge >= 0.3 is 0 Å². The molecule has 0 unspecified atom stereocenters. The van der Waals surface area contributed by atoms with Gasteiger partial charge in [-0.2, -0.15) is 0 Å². The monoisotopic (exact) mass is 635 g/mol. The zero-order valence-electron chi connectivity index (χ0n) is 24.1. The molecule has 0 bridgehead atoms. The molecule has 45 heavy (non-hydrogen) atoms. The SMILES string of the molecule is O=C(c1ccc(Cl)cc1)c1c(N2C(=O)c3ccccc3C2=O)sc(-c2ccccc2)c1CN1CCN(c2ccc(F)cc2)CC1. The molecule has 0 radical (unpaired) electrons. The summed E-state index contributed by atoms with van der Waals surface area (Å²) in [5.74, 6) is -1.44. The maximum absolute atomic E-state index is 14.5. The molecule has 0 N–H and O–H groups in total. The number of benzene rings is 4. The highest BCUT2D eigenvalue weighted by atomic mass is 35.5. The molecule has 3 heterocycles. The van der Waals surface area contributed by atoms with Crippen LogP contribution in [0.15, 0.2) is 103 Å². The second-order valence-electron chi connectivity index (χ2n) is 11.0. The number of anilines is 2. The third-order valence-electron chi connectivity index (χ3n) is 8.30. The van der Waals surface area contributed by atoms with E-state index in [4.69, 9.17) is 11.6 Å². The van der Waals surface area contributed by atoms with E-state index in [2.05, 4.69) is 9.80 Å². The van der Waals surface area contributed by atoms with Crippen LogP contribution in [0.5, 0.6) is 0 Å². The van der Waals surface area contributed by atoms with E-state index in [9.17, 15) is 18.8 Å². The molecule has 7 rings (SSSR count). The number of piperazine rings is 1. The maximum Gasteiger partial charge on any atom is 0.266 e. The Morgan fingerprint density at radius 1 is 0.756 bits per heavy atom. The molecular weight excluding hydrogens is 609 g/mol. The molecule has 2 aliphatic heterocycles. The fraction of sp³-hybridized carbons (Fsp3) is 0.139. The molecule has 1 saturated heterocycles. The second kappa shape index (κ2) is 12.0. The number of amides is 2. The lowest BCUT2D eigenvalue weighted by molar-refractivity contribution is 0.0927. The highest BCUT2D eigenvalue weighted by molar-refractivity contribution is 7.20. The van der Waals surface area contributed by atoms with E-state index in [0.717, 1.165) is 34.8 Å². The van der Waals surface area contributed by atoms with Gasteiger partial charge in [-0.1, -0.05) is 54.1 Å². The highest BCUT2D eigenvalue weighted by Crippen LogP contribution is 2.46. The van der Waals surface area contributed by atoms with Crippen molar-refractivity contribution in [2.75, 3.05) is 36.0 Å². The third-order valence-corrected chi connectivity index (χ3v) is 9.82. The summed E-state index contributed by atoms with van der Waals surface area (Å²) in [5, 5.41) is 0.821. The fourth-order valence-corrected chi connectivity index (χ4v) is 7.41. The fourth-order valence-electron chi connectivity index (χ4n) is 5.98. The van der Waals surface area contributed by atoms with Crippen LogP contribution in [0.4, 0.5) is 15.1 Å². The minimum atomic E-state index is -0.443. The Hall–Kier alpha value is -4.63. The van der Waals surface area contributed by atoms with Crippen LogP contribution in [0.2, 0.25) is 5.02 Å². The van der Waals surface area contributed by atoms with Crippen molar-refractivity contribution >= 4 is 51.2 Å². The van der Waals surface area contributed by atoms with Crippen molar-refractivity contribution in [1.29, 1.82) is 0 Å². The number of carbonyl (C=O) groups is 3. The summed E-state index contributed by atoms with van der Waals surface area (Å²) in [6, 6.07) is 29.7. The molecule has 0 spiro atoms. The van der Waals surface area contributed by atoms with Gasteiger partial charge in [-0.15, -0.1) is 11.3 Å². The Balaban J connectivity index is 1.32. The van der Waals surface area contributed by atoms with Crippen molar-refractivity contribution in [3.8, 4) is 10.4 Å². The van der Waals surface area contributed by atoms with E-state index in [1.807, 2.05) is 30.3 Å². The highest BCUT2D eigenvalue weighted by Gasteiger charge is 2.41. The first-order valence-electron chi connectivity index (χ1n) is 14.6. The average Bonchev–Trinajstić information content (AvgIpc) is 3.56. The van der Waals surface area contributed by atoms with Gasteiger partial charge in [-0.05, 0) is 71.8 Å². The first-order valence-corrected chi connectivity index (χ1v) is 15.8. The molecule has 1 fully saturated rings. The van der Waals surface area contributed by atoms with Crippen LogP contribution in [-0.4, -0.2) is 48.7 Å². The number of halogens is 2. The van der Waals surface area contributed by atoms with Gasteiger partial charge in [0.05, 0.1) is 16.7 Å². The Kier molecular flexibility index (Phi) is 7.79. The Bertz CT molecular complexity index is 1880. The van der Waals surface area contributed by atoms with Crippen LogP contribution < -0.4 is 9.80 Å². The van der Waals surface area contributed by atoms with Crippen molar-refractivity contribution in [2.24, 2.45) is 0 Å². The molecule has 9 heteroatoms. The molecule has 2 amide bonds. The van der Waals surface area contributed by atoms with Crippen LogP contribution in [0.3, 0.4) is 0 Å². The van der Waals surface area contributed by atoms with Crippen LogP contribution in [0.1, 0.15) is 42.2 Å². The van der Waals surface area contributed by atoms with Crippen LogP contribution in [-0.2, 0) is 6.54 Å². The van der Waals surface area contributed by atoms with Crippen molar-refractivity contribution < 1.29 is 18.8 Å². The summed E-state index contributed by atoms with van der Waals surface area (Å²) in [6.45, 7) is 3.30. The molecule has 2 aliphatic rings. The second-order valence-corrected chi connectivity index (χ2v) is 12.5. The van der Waals surface area contributed by atoms with Crippen molar-refractivity contribution in [2.45, 2.75) is 6.54 Å². The molecule has 0 saturated carbocycles. The largest absolute Gasteiger partial charge is 0.369 e. The summed E-state index contributed by atoms with van der Waals surface area (Å²) in [7, 11) is 0. The van der Waals surface area contributed by atoms with E-state index in [1.165, 1.54) is 28.4 Å². The lowest BCUT2D eigenvalue weighted by Crippen LogP contribution is -2.46. The lowest BCUT2D eigenvalue weighted by Gasteiger charge is -2.36. The summed E-state index contributed by atoms with van der Waals surface area (Å²) in [6.07, 6.45) is 0. The minimum absolute atomic E-state index is 0.268. The number of carbonyl (C=O) groups excluding carboxylic acids is 3. The van der Waals surface area contributed by atoms with E-state index >= 15 is 0 Å². The molecule has 5 aromatic rings. The number of rotatable bonds is 7. The summed E-state index contributed by atoms with van der Waals surface area (Å²) >= 11 is 7.45. The molecule has 6 nitrogen and oxygen atoms in total. The Labute approximate surface area is 268 Å². The molecule has 4 aromatic carbocycles. The molecule has 224 valence electrons. The summed E-state index contributed by atoms with van der Waals surface area (Å²) in [4.78, 5) is 48.4. The molecule has 1 aromatic heterocycles. The van der Waals surface area contributed by atoms with Gasteiger partial charge in [0, 0.05) is 53.9 Å². The van der Waals surface area contributed by atoms with Gasteiger partial charge in [-0.25, -0.2) is 9.29 Å². The smallest absolute Gasteiger partial charge is 0.266 e. The number of imide groups is 1. The predicted octanol–water partition coefficient (Wildman–Crippen LogP) is 7.56. The van der Waals surface area contributed by atoms with E-state index in [-0.39, 0.29) is 11.6 Å². The number of ketones is 1. The van der Waals surface area contributed by atoms with Crippen molar-refractivity contribution in [3.05, 3.63) is 142 Å². The van der Waals surface area contributed by atoms with Crippen LogP contribution >= 0.6 is 22.9 Å². The Morgan fingerprint density at radius 2 is 1.36 bits per heavy atom. The Morgan fingerprint density at radius 3 is 1.98 bits per heavy atom. The normalized spacial score (nSPS) is 15.1. The zero-order chi connectivity index (χ0) is 31.1. The van der Waals surface area contributed by atoms with Gasteiger partial charge in [-0.3, -0.25) is 19.3 Å². The lowest BCUT2D eigenvalue weighted by atomic mass is 9.97. The average molecular weight is 636 g/mol. The first kappa shape index (κ1) is 29.1. The van der Waals surface area contributed by atoms with E-state index in [0.29, 0.717) is 51.9 Å². The van der Waals surface area contributed by atoms with E-state index < -0.39 is 11.8 Å². The minimum Gasteiger partial charge on any atom is -0.369 e. The third kappa shape index (κ3) is 5.46. The molecule has 0 aliphatic carbocycles. The van der Waals surface area contributed by atoms with Crippen LogP contribution in [0, 0.1) is 5.82 Å². The first-order chi connectivity index (χ1) is 21.9. The molecular formula is C36H27ClFN3O3S. The summed E-state index contributed by atoms with van der Waals surface area (Å²) in [5.41, 5.74) is 4.03. The standard InChI is InChI=1S/C36H27ClFN3O3S/c37-25-12-10-23(11-13-25)32(42)31-30(22-39-18-20-40(21-19-39)27-16-14-26(38)15-17-27)33(24-6-2-1-3-7-24)45-36(31)41-34(43)28-8-4-5-9-29(28)35(41)44/h1-17H,18-22H2. The topological polar surface area (TPSA) is 60.9 Å².